The van der Waals surface area contributed by atoms with Crippen LogP contribution in [0.5, 0.6) is 0 Å². The molecule has 0 aliphatic carbocycles. The normalized spacial score (nSPS) is 10.2. The zero-order chi connectivity index (χ0) is 12.3. The van der Waals surface area contributed by atoms with Gasteiger partial charge in [0.1, 0.15) is 5.69 Å². The van der Waals surface area contributed by atoms with E-state index >= 15 is 0 Å². The molecule has 2 rings (SSSR count). The lowest BCUT2D eigenvalue weighted by atomic mass is 10.1. The van der Waals surface area contributed by atoms with Crippen molar-refractivity contribution in [1.29, 1.82) is 0 Å². The molecule has 17 heavy (non-hydrogen) atoms. The number of thiazole rings is 1. The average molecular weight is 246 g/mol. The molecule has 0 bridgehead atoms. The smallest absolute Gasteiger partial charge is 0.275 e. The number of carbonyl (C=O) groups excluding carboxylic acids is 1. The molecule has 0 spiro atoms. The maximum atomic E-state index is 11.9. The number of hydrogen-bond donors (Lipinski definition) is 1. The van der Waals surface area contributed by atoms with Crippen LogP contribution in [0.3, 0.4) is 0 Å². The fraction of sp³-hybridized carbons (Fsp3) is 0.231. The molecule has 1 heterocycles. The van der Waals surface area contributed by atoms with Crippen LogP contribution >= 0.6 is 11.3 Å². The molecule has 0 unspecified atom stereocenters. The Bertz CT molecular complexity index is 534. The SMILES string of the molecule is CCc1ccccc1NC(=O)c1csc(C)n1. The molecule has 0 radical (unpaired) electrons. The van der Waals surface area contributed by atoms with Gasteiger partial charge in [-0.15, -0.1) is 11.3 Å². The van der Waals surface area contributed by atoms with Gasteiger partial charge >= 0.3 is 0 Å². The predicted octanol–water partition coefficient (Wildman–Crippen LogP) is 3.27. The van der Waals surface area contributed by atoms with Gasteiger partial charge in [0.15, 0.2) is 0 Å². The molecule has 3 nitrogen and oxygen atoms in total. The van der Waals surface area contributed by atoms with Crippen molar-refractivity contribution in [2.75, 3.05) is 5.32 Å². The van der Waals surface area contributed by atoms with E-state index in [1.807, 2.05) is 31.2 Å². The lowest BCUT2D eigenvalue weighted by Gasteiger charge is -2.08. The Hall–Kier alpha value is -1.68. The second kappa shape index (κ2) is 5.10. The maximum absolute atomic E-state index is 11.9. The zero-order valence-electron chi connectivity index (χ0n) is 9.86. The monoisotopic (exact) mass is 246 g/mol. The lowest BCUT2D eigenvalue weighted by molar-refractivity contribution is 0.102. The number of anilines is 1. The molecule has 0 fully saturated rings. The molecule has 0 aliphatic rings. The number of nitrogens with zero attached hydrogens (tertiary/aromatic N) is 1. The average Bonchev–Trinajstić information content (AvgIpc) is 2.77. The number of benzene rings is 1. The number of carbonyl (C=O) groups is 1. The van der Waals surface area contributed by atoms with Crippen LogP contribution in [0.4, 0.5) is 5.69 Å². The van der Waals surface area contributed by atoms with Crippen molar-refractivity contribution < 1.29 is 4.79 Å². The van der Waals surface area contributed by atoms with Gasteiger partial charge in [-0.2, -0.15) is 0 Å². The number of aryl methyl sites for hydroxylation is 2. The van der Waals surface area contributed by atoms with E-state index < -0.39 is 0 Å². The fourth-order valence-corrected chi connectivity index (χ4v) is 2.20. The molecule has 1 amide bonds. The standard InChI is InChI=1S/C13H14N2OS/c1-3-10-6-4-5-7-11(10)15-13(16)12-8-17-9(2)14-12/h4-8H,3H2,1-2H3,(H,15,16). The number of para-hydroxylation sites is 1. The van der Waals surface area contributed by atoms with Crippen molar-refractivity contribution >= 4 is 22.9 Å². The van der Waals surface area contributed by atoms with Crippen molar-refractivity contribution in [2.45, 2.75) is 20.3 Å². The van der Waals surface area contributed by atoms with Crippen LogP contribution in [0.1, 0.15) is 28.0 Å². The highest BCUT2D eigenvalue weighted by Gasteiger charge is 2.10. The molecule has 1 N–H and O–H groups in total. The van der Waals surface area contributed by atoms with Gasteiger partial charge in [0.2, 0.25) is 0 Å². The molecule has 1 aromatic heterocycles. The number of amides is 1. The van der Waals surface area contributed by atoms with Gasteiger partial charge in [0, 0.05) is 11.1 Å². The maximum Gasteiger partial charge on any atom is 0.275 e. The third-order valence-electron chi connectivity index (χ3n) is 2.50. The molecule has 0 aliphatic heterocycles. The summed E-state index contributed by atoms with van der Waals surface area (Å²) < 4.78 is 0. The van der Waals surface area contributed by atoms with E-state index in [4.69, 9.17) is 0 Å². The molecule has 88 valence electrons. The zero-order valence-corrected chi connectivity index (χ0v) is 10.7. The van der Waals surface area contributed by atoms with Crippen molar-refractivity contribution in [3.05, 3.63) is 45.9 Å². The van der Waals surface area contributed by atoms with Crippen LogP contribution in [0.2, 0.25) is 0 Å². The van der Waals surface area contributed by atoms with E-state index in [0.717, 1.165) is 22.7 Å². The van der Waals surface area contributed by atoms with Gasteiger partial charge in [0.25, 0.3) is 5.91 Å². The predicted molar refractivity (Wildman–Crippen MR) is 70.6 cm³/mol. The van der Waals surface area contributed by atoms with E-state index in [0.29, 0.717) is 5.69 Å². The summed E-state index contributed by atoms with van der Waals surface area (Å²) in [7, 11) is 0. The summed E-state index contributed by atoms with van der Waals surface area (Å²) in [5.41, 5.74) is 2.48. The van der Waals surface area contributed by atoms with Crippen molar-refractivity contribution in [1.82, 2.24) is 4.98 Å². The summed E-state index contributed by atoms with van der Waals surface area (Å²) >= 11 is 1.48. The molecule has 0 saturated carbocycles. The van der Waals surface area contributed by atoms with E-state index in [2.05, 4.69) is 17.2 Å². The summed E-state index contributed by atoms with van der Waals surface area (Å²) in [5, 5.41) is 5.58. The highest BCUT2D eigenvalue weighted by molar-refractivity contribution is 7.09. The number of hydrogen-bond acceptors (Lipinski definition) is 3. The summed E-state index contributed by atoms with van der Waals surface area (Å²) in [6.07, 6.45) is 0.895. The molecule has 2 aromatic rings. The molecular weight excluding hydrogens is 232 g/mol. The minimum Gasteiger partial charge on any atom is -0.320 e. The second-order valence-electron chi connectivity index (χ2n) is 3.72. The first kappa shape index (κ1) is 11.8. The van der Waals surface area contributed by atoms with E-state index in [-0.39, 0.29) is 5.91 Å². The van der Waals surface area contributed by atoms with Gasteiger partial charge in [0.05, 0.1) is 5.01 Å². The van der Waals surface area contributed by atoms with Gasteiger partial charge in [-0.05, 0) is 25.0 Å². The molecular formula is C13H14N2OS. The lowest BCUT2D eigenvalue weighted by Crippen LogP contribution is -2.13. The fourth-order valence-electron chi connectivity index (χ4n) is 1.60. The van der Waals surface area contributed by atoms with Gasteiger partial charge in [-0.25, -0.2) is 4.98 Å². The quantitative estimate of drug-likeness (QED) is 0.903. The Kier molecular flexibility index (Phi) is 3.54. The highest BCUT2D eigenvalue weighted by atomic mass is 32.1. The van der Waals surface area contributed by atoms with Gasteiger partial charge in [-0.3, -0.25) is 4.79 Å². The number of nitrogens with one attached hydrogen (secondary N) is 1. The minimum atomic E-state index is -0.143. The molecule has 1 aromatic carbocycles. The van der Waals surface area contributed by atoms with Crippen molar-refractivity contribution in [3.63, 3.8) is 0 Å². The van der Waals surface area contributed by atoms with E-state index in [1.54, 1.807) is 5.38 Å². The Morgan fingerprint density at radius 1 is 1.41 bits per heavy atom. The van der Waals surface area contributed by atoms with Crippen LogP contribution in [-0.4, -0.2) is 10.9 Å². The summed E-state index contributed by atoms with van der Waals surface area (Å²) in [4.78, 5) is 16.1. The third-order valence-corrected chi connectivity index (χ3v) is 3.27. The van der Waals surface area contributed by atoms with E-state index in [1.165, 1.54) is 11.3 Å². The first-order valence-electron chi connectivity index (χ1n) is 5.52. The highest BCUT2D eigenvalue weighted by Crippen LogP contribution is 2.17. The summed E-state index contributed by atoms with van der Waals surface area (Å²) in [6, 6.07) is 7.82. The largest absolute Gasteiger partial charge is 0.320 e. The van der Waals surface area contributed by atoms with Crippen LogP contribution in [0, 0.1) is 6.92 Å². The Balaban J connectivity index is 2.18. The first-order chi connectivity index (χ1) is 8.20. The minimum absolute atomic E-state index is 0.143. The van der Waals surface area contributed by atoms with E-state index in [9.17, 15) is 4.79 Å². The summed E-state index contributed by atoms with van der Waals surface area (Å²) in [5.74, 6) is -0.143. The van der Waals surface area contributed by atoms with Crippen molar-refractivity contribution in [3.8, 4) is 0 Å². The molecule has 4 heteroatoms. The third kappa shape index (κ3) is 2.71. The Morgan fingerprint density at radius 2 is 2.18 bits per heavy atom. The van der Waals surface area contributed by atoms with Crippen molar-refractivity contribution in [2.24, 2.45) is 0 Å². The summed E-state index contributed by atoms with van der Waals surface area (Å²) in [6.45, 7) is 3.96. The van der Waals surface area contributed by atoms with Crippen LogP contribution < -0.4 is 5.32 Å². The Morgan fingerprint density at radius 3 is 2.82 bits per heavy atom. The topological polar surface area (TPSA) is 42.0 Å². The second-order valence-corrected chi connectivity index (χ2v) is 4.78. The van der Waals surface area contributed by atoms with Gasteiger partial charge < -0.3 is 5.32 Å². The first-order valence-corrected chi connectivity index (χ1v) is 6.40. The molecule has 0 saturated heterocycles. The van der Waals surface area contributed by atoms with Crippen LogP contribution in [0.25, 0.3) is 0 Å². The molecule has 0 atom stereocenters. The number of aromatic nitrogens is 1. The van der Waals surface area contributed by atoms with Gasteiger partial charge in [-0.1, -0.05) is 25.1 Å². The number of rotatable bonds is 3. The Labute approximate surface area is 105 Å². The van der Waals surface area contributed by atoms with Crippen LogP contribution in [-0.2, 0) is 6.42 Å². The van der Waals surface area contributed by atoms with Crippen LogP contribution in [0.15, 0.2) is 29.6 Å².